The van der Waals surface area contributed by atoms with Gasteiger partial charge in [-0.2, -0.15) is 8.78 Å². The highest BCUT2D eigenvalue weighted by molar-refractivity contribution is 6.30. The lowest BCUT2D eigenvalue weighted by atomic mass is 10.0. The number of hydrogen-bond donors (Lipinski definition) is 0. The zero-order valence-electron chi connectivity index (χ0n) is 10.7. The number of Topliss-reactive ketones (excluding diaryl/α,β-unsaturated/α-hetero) is 1. The number of halogens is 4. The molecule has 21 heavy (non-hydrogen) atoms. The summed E-state index contributed by atoms with van der Waals surface area (Å²) in [4.78, 5) is 12.1. The molecule has 0 spiro atoms. The summed E-state index contributed by atoms with van der Waals surface area (Å²) in [5.41, 5.74) is 0.0662. The van der Waals surface area contributed by atoms with Crippen molar-refractivity contribution in [3.8, 4) is 5.75 Å². The molecule has 0 bridgehead atoms. The van der Waals surface area contributed by atoms with Crippen molar-refractivity contribution in [2.75, 3.05) is 0 Å². The van der Waals surface area contributed by atoms with Crippen molar-refractivity contribution in [2.45, 2.75) is 13.0 Å². The van der Waals surface area contributed by atoms with E-state index in [0.29, 0.717) is 0 Å². The standard InChI is InChI=1S/C15H10ClF3O2/c16-10-5-6-12(17)9(7-10)8-13(20)11-3-1-2-4-14(11)21-15(18)19/h1-7,15H,8H2. The van der Waals surface area contributed by atoms with Crippen LogP contribution in [0.3, 0.4) is 0 Å². The number of carbonyl (C=O) groups excluding carboxylic acids is 1. The van der Waals surface area contributed by atoms with Gasteiger partial charge in [0.2, 0.25) is 0 Å². The van der Waals surface area contributed by atoms with Crippen LogP contribution in [0.2, 0.25) is 5.02 Å². The third kappa shape index (κ3) is 3.98. The first-order valence-electron chi connectivity index (χ1n) is 5.98. The highest BCUT2D eigenvalue weighted by Gasteiger charge is 2.17. The molecule has 0 unspecified atom stereocenters. The van der Waals surface area contributed by atoms with E-state index in [2.05, 4.69) is 4.74 Å². The number of ether oxygens (including phenoxy) is 1. The molecule has 0 radical (unpaired) electrons. The molecule has 2 rings (SSSR count). The summed E-state index contributed by atoms with van der Waals surface area (Å²) in [6, 6.07) is 9.42. The van der Waals surface area contributed by atoms with Gasteiger partial charge in [-0.05, 0) is 35.9 Å². The van der Waals surface area contributed by atoms with Gasteiger partial charge in [-0.3, -0.25) is 4.79 Å². The lowest BCUT2D eigenvalue weighted by Crippen LogP contribution is -2.10. The summed E-state index contributed by atoms with van der Waals surface area (Å²) in [5.74, 6) is -1.35. The van der Waals surface area contributed by atoms with Crippen LogP contribution in [-0.4, -0.2) is 12.4 Å². The molecule has 0 aliphatic heterocycles. The van der Waals surface area contributed by atoms with Crippen molar-refractivity contribution in [3.63, 3.8) is 0 Å². The van der Waals surface area contributed by atoms with E-state index in [4.69, 9.17) is 11.6 Å². The van der Waals surface area contributed by atoms with Crippen LogP contribution in [0.4, 0.5) is 13.2 Å². The zero-order valence-corrected chi connectivity index (χ0v) is 11.4. The number of ketones is 1. The van der Waals surface area contributed by atoms with E-state index in [0.717, 1.165) is 6.07 Å². The molecule has 0 aliphatic carbocycles. The molecule has 0 aromatic heterocycles. The van der Waals surface area contributed by atoms with Crippen molar-refractivity contribution in [1.82, 2.24) is 0 Å². The van der Waals surface area contributed by atoms with Crippen LogP contribution < -0.4 is 4.74 Å². The van der Waals surface area contributed by atoms with Crippen molar-refractivity contribution < 1.29 is 22.7 Å². The fourth-order valence-corrected chi connectivity index (χ4v) is 2.04. The van der Waals surface area contributed by atoms with Crippen LogP contribution in [0.25, 0.3) is 0 Å². The second-order valence-electron chi connectivity index (χ2n) is 4.21. The van der Waals surface area contributed by atoms with E-state index in [9.17, 15) is 18.0 Å². The first kappa shape index (κ1) is 15.4. The molecule has 6 heteroatoms. The third-order valence-electron chi connectivity index (χ3n) is 2.76. The number of rotatable bonds is 5. The molecule has 0 saturated carbocycles. The number of carbonyl (C=O) groups is 1. The average Bonchev–Trinajstić information content (AvgIpc) is 2.42. The lowest BCUT2D eigenvalue weighted by Gasteiger charge is -2.10. The van der Waals surface area contributed by atoms with Crippen molar-refractivity contribution in [3.05, 3.63) is 64.4 Å². The van der Waals surface area contributed by atoms with Gasteiger partial charge in [0.05, 0.1) is 5.56 Å². The minimum absolute atomic E-state index is 0.0304. The van der Waals surface area contributed by atoms with Gasteiger partial charge in [0.1, 0.15) is 11.6 Å². The minimum atomic E-state index is -3.04. The van der Waals surface area contributed by atoms with Gasteiger partial charge in [0, 0.05) is 11.4 Å². The largest absolute Gasteiger partial charge is 0.434 e. The van der Waals surface area contributed by atoms with Gasteiger partial charge >= 0.3 is 6.61 Å². The van der Waals surface area contributed by atoms with Gasteiger partial charge in [-0.15, -0.1) is 0 Å². The minimum Gasteiger partial charge on any atom is -0.434 e. The average molecular weight is 315 g/mol. The molecule has 2 nitrogen and oxygen atoms in total. The fourth-order valence-electron chi connectivity index (χ4n) is 1.84. The van der Waals surface area contributed by atoms with Crippen LogP contribution >= 0.6 is 11.6 Å². The number of alkyl halides is 2. The molecule has 0 aliphatic rings. The summed E-state index contributed by atoms with van der Waals surface area (Å²) in [6.07, 6.45) is -0.296. The molecule has 0 N–H and O–H groups in total. The highest BCUT2D eigenvalue weighted by Crippen LogP contribution is 2.23. The molecule has 110 valence electrons. The smallest absolute Gasteiger partial charge is 0.387 e. The van der Waals surface area contributed by atoms with Crippen molar-refractivity contribution >= 4 is 17.4 Å². The van der Waals surface area contributed by atoms with Gasteiger partial charge in [0.15, 0.2) is 5.78 Å². The molecule has 2 aromatic rings. The van der Waals surface area contributed by atoms with E-state index >= 15 is 0 Å². The van der Waals surface area contributed by atoms with E-state index < -0.39 is 18.2 Å². The predicted octanol–water partition coefficient (Wildman–Crippen LogP) is 4.51. The first-order chi connectivity index (χ1) is 9.97. The Kier molecular flexibility index (Phi) is 4.85. The lowest BCUT2D eigenvalue weighted by molar-refractivity contribution is -0.0501. The van der Waals surface area contributed by atoms with Gasteiger partial charge in [-0.25, -0.2) is 4.39 Å². The number of hydrogen-bond acceptors (Lipinski definition) is 2. The predicted molar refractivity (Wildman–Crippen MR) is 72.5 cm³/mol. The SMILES string of the molecule is O=C(Cc1cc(Cl)ccc1F)c1ccccc1OC(F)F. The molecular weight excluding hydrogens is 305 g/mol. The fraction of sp³-hybridized carbons (Fsp3) is 0.133. The second-order valence-corrected chi connectivity index (χ2v) is 4.65. The quantitative estimate of drug-likeness (QED) is 0.759. The first-order valence-corrected chi connectivity index (χ1v) is 6.36. The van der Waals surface area contributed by atoms with E-state index in [-0.39, 0.29) is 28.3 Å². The normalized spacial score (nSPS) is 10.7. The Hall–Kier alpha value is -2.01. The van der Waals surface area contributed by atoms with Gasteiger partial charge in [-0.1, -0.05) is 23.7 Å². The topological polar surface area (TPSA) is 26.3 Å². The summed E-state index contributed by atoms with van der Waals surface area (Å²) >= 11 is 5.74. The van der Waals surface area contributed by atoms with Crippen LogP contribution in [0.5, 0.6) is 5.75 Å². The Bertz CT molecular complexity index is 659. The highest BCUT2D eigenvalue weighted by atomic mass is 35.5. The maximum Gasteiger partial charge on any atom is 0.387 e. The van der Waals surface area contributed by atoms with E-state index in [1.165, 1.54) is 36.4 Å². The van der Waals surface area contributed by atoms with Crippen LogP contribution in [0.1, 0.15) is 15.9 Å². The maximum atomic E-state index is 13.6. The Labute approximate surface area is 124 Å². The van der Waals surface area contributed by atoms with Crippen molar-refractivity contribution in [1.29, 1.82) is 0 Å². The Morgan fingerprint density at radius 2 is 1.90 bits per heavy atom. The monoisotopic (exact) mass is 314 g/mol. The number of para-hydroxylation sites is 1. The summed E-state index contributed by atoms with van der Waals surface area (Å²) in [5, 5.41) is 0.288. The third-order valence-corrected chi connectivity index (χ3v) is 3.00. The molecule has 0 atom stereocenters. The number of benzene rings is 2. The molecule has 0 amide bonds. The molecule has 2 aromatic carbocycles. The second kappa shape index (κ2) is 6.63. The van der Waals surface area contributed by atoms with E-state index in [1.54, 1.807) is 0 Å². The van der Waals surface area contributed by atoms with Crippen LogP contribution in [0, 0.1) is 5.82 Å². The molecule has 0 heterocycles. The molecule has 0 saturated heterocycles. The Balaban J connectivity index is 2.26. The van der Waals surface area contributed by atoms with Gasteiger partial charge in [0.25, 0.3) is 0 Å². The summed E-state index contributed by atoms with van der Waals surface area (Å²) in [7, 11) is 0. The zero-order chi connectivity index (χ0) is 15.4. The van der Waals surface area contributed by atoms with Crippen molar-refractivity contribution in [2.24, 2.45) is 0 Å². The van der Waals surface area contributed by atoms with Gasteiger partial charge < -0.3 is 4.74 Å². The summed E-state index contributed by atoms with van der Waals surface area (Å²) in [6.45, 7) is -3.04. The maximum absolute atomic E-state index is 13.6. The van der Waals surface area contributed by atoms with E-state index in [1.807, 2.05) is 0 Å². The molecular formula is C15H10ClF3O2. The van der Waals surface area contributed by atoms with Crippen LogP contribution in [-0.2, 0) is 6.42 Å². The van der Waals surface area contributed by atoms with Crippen LogP contribution in [0.15, 0.2) is 42.5 Å². The Morgan fingerprint density at radius 1 is 1.19 bits per heavy atom. The Morgan fingerprint density at radius 3 is 2.62 bits per heavy atom. The molecule has 0 fully saturated rings. The summed E-state index contributed by atoms with van der Waals surface area (Å²) < 4.78 is 42.5.